The molecular formula is C25H30FN5O2. The van der Waals surface area contributed by atoms with Crippen LogP contribution in [0.25, 0.3) is 5.69 Å². The average Bonchev–Trinajstić information content (AvgIpc) is 3.34. The predicted molar refractivity (Wildman–Crippen MR) is 126 cm³/mol. The summed E-state index contributed by atoms with van der Waals surface area (Å²) in [4.78, 5) is 15.4. The highest BCUT2D eigenvalue weighted by molar-refractivity contribution is 5.90. The van der Waals surface area contributed by atoms with Crippen molar-refractivity contribution in [2.75, 3.05) is 38.7 Å². The van der Waals surface area contributed by atoms with E-state index < -0.39 is 0 Å². The molecule has 2 heterocycles. The number of nitrogens with zero attached hydrogens (tertiary/aromatic N) is 3. The summed E-state index contributed by atoms with van der Waals surface area (Å²) in [6.07, 6.45) is 0. The van der Waals surface area contributed by atoms with Crippen molar-refractivity contribution in [3.05, 3.63) is 77.2 Å². The van der Waals surface area contributed by atoms with E-state index in [0.29, 0.717) is 19.0 Å². The third-order valence-electron chi connectivity index (χ3n) is 6.21. The molecule has 0 radical (unpaired) electrons. The smallest absolute Gasteiger partial charge is 0.320 e. The zero-order valence-electron chi connectivity index (χ0n) is 19.2. The van der Waals surface area contributed by atoms with Crippen molar-refractivity contribution >= 4 is 11.8 Å². The Hall–Kier alpha value is -3.23. The number of carbonyl (C=O) groups excluding carboxylic acids is 1. The van der Waals surface area contributed by atoms with E-state index in [9.17, 15) is 9.18 Å². The third-order valence-corrected chi connectivity index (χ3v) is 6.21. The van der Waals surface area contributed by atoms with Gasteiger partial charge in [-0.3, -0.25) is 10.2 Å². The summed E-state index contributed by atoms with van der Waals surface area (Å²) < 4.78 is 20.4. The number of carbonyl (C=O) groups is 1. The van der Waals surface area contributed by atoms with Crippen molar-refractivity contribution < 1.29 is 13.9 Å². The molecule has 1 aliphatic heterocycles. The number of anilines is 1. The minimum absolute atomic E-state index is 0.0510. The van der Waals surface area contributed by atoms with Gasteiger partial charge in [0.15, 0.2) is 0 Å². The van der Waals surface area contributed by atoms with Crippen molar-refractivity contribution in [3.63, 3.8) is 0 Å². The zero-order valence-corrected chi connectivity index (χ0v) is 19.2. The van der Waals surface area contributed by atoms with Gasteiger partial charge in [-0.1, -0.05) is 30.3 Å². The van der Waals surface area contributed by atoms with Gasteiger partial charge in [-0.2, -0.15) is 5.10 Å². The number of ether oxygens (including phenoxy) is 1. The Labute approximate surface area is 193 Å². The quantitative estimate of drug-likeness (QED) is 0.572. The fraction of sp³-hybridized carbons (Fsp3) is 0.360. The summed E-state index contributed by atoms with van der Waals surface area (Å²) in [7, 11) is 1.68. The number of urea groups is 1. The van der Waals surface area contributed by atoms with Crippen molar-refractivity contribution in [1.29, 1.82) is 0 Å². The van der Waals surface area contributed by atoms with Gasteiger partial charge in [-0.05, 0) is 43.7 Å². The molecule has 174 valence electrons. The van der Waals surface area contributed by atoms with Crippen LogP contribution in [0.15, 0.2) is 54.6 Å². The van der Waals surface area contributed by atoms with Crippen LogP contribution in [0.2, 0.25) is 0 Å². The molecule has 1 aliphatic rings. The number of hydrogen-bond acceptors (Lipinski definition) is 4. The Morgan fingerprint density at radius 1 is 1.12 bits per heavy atom. The Morgan fingerprint density at radius 2 is 1.85 bits per heavy atom. The molecule has 2 amide bonds. The summed E-state index contributed by atoms with van der Waals surface area (Å²) >= 11 is 0. The monoisotopic (exact) mass is 451 g/mol. The molecule has 33 heavy (non-hydrogen) atoms. The van der Waals surface area contributed by atoms with E-state index in [2.05, 4.69) is 20.6 Å². The number of methoxy groups -OCH3 is 1. The lowest BCUT2D eigenvalue weighted by Crippen LogP contribution is -2.42. The van der Waals surface area contributed by atoms with Gasteiger partial charge in [0.2, 0.25) is 0 Å². The molecule has 2 atom stereocenters. The molecule has 2 N–H and O–H groups in total. The van der Waals surface area contributed by atoms with Crippen LogP contribution in [0.5, 0.6) is 0 Å². The first kappa shape index (κ1) is 22.9. The standard InChI is InChI=1S/C25H30FN5O2/c1-17-18(2)29-31(21-7-5-4-6-8-21)24(17)28-25(32)27-23-16-30(13-14-33-3)15-22(23)19-9-11-20(26)12-10-19/h4-12,22-23H,13-16H2,1-3H3,(H2,27,28,32). The average molecular weight is 452 g/mol. The molecule has 3 aromatic rings. The molecule has 4 rings (SSSR count). The molecule has 0 spiro atoms. The summed E-state index contributed by atoms with van der Waals surface area (Å²) in [5.41, 5.74) is 3.64. The molecule has 1 fully saturated rings. The van der Waals surface area contributed by atoms with E-state index in [0.717, 1.165) is 35.6 Å². The molecule has 7 nitrogen and oxygen atoms in total. The lowest BCUT2D eigenvalue weighted by Gasteiger charge is -2.21. The molecule has 2 unspecified atom stereocenters. The maximum Gasteiger partial charge on any atom is 0.320 e. The highest BCUT2D eigenvalue weighted by Crippen LogP contribution is 2.28. The summed E-state index contributed by atoms with van der Waals surface area (Å²) in [5.74, 6) is 0.425. The fourth-order valence-electron chi connectivity index (χ4n) is 4.30. The van der Waals surface area contributed by atoms with E-state index in [4.69, 9.17) is 4.74 Å². The highest BCUT2D eigenvalue weighted by Gasteiger charge is 2.35. The van der Waals surface area contributed by atoms with Crippen LogP contribution in [0.4, 0.5) is 15.0 Å². The van der Waals surface area contributed by atoms with E-state index >= 15 is 0 Å². The second-order valence-corrected chi connectivity index (χ2v) is 8.42. The van der Waals surface area contributed by atoms with E-state index in [1.54, 1.807) is 23.9 Å². The number of rotatable bonds is 7. The summed E-state index contributed by atoms with van der Waals surface area (Å²) in [5, 5.41) is 10.8. The van der Waals surface area contributed by atoms with Crippen LogP contribution < -0.4 is 10.6 Å². The lowest BCUT2D eigenvalue weighted by molar-refractivity contribution is 0.159. The highest BCUT2D eigenvalue weighted by atomic mass is 19.1. The van der Waals surface area contributed by atoms with Crippen molar-refractivity contribution in [1.82, 2.24) is 20.0 Å². The minimum atomic E-state index is -0.291. The first-order valence-corrected chi connectivity index (χ1v) is 11.1. The fourth-order valence-corrected chi connectivity index (χ4v) is 4.30. The van der Waals surface area contributed by atoms with Crippen LogP contribution in [0, 0.1) is 19.7 Å². The number of aromatic nitrogens is 2. The van der Waals surface area contributed by atoms with Gasteiger partial charge < -0.3 is 10.1 Å². The third kappa shape index (κ3) is 5.23. The molecule has 8 heteroatoms. The van der Waals surface area contributed by atoms with Crippen LogP contribution in [-0.4, -0.2) is 60.1 Å². The number of halogens is 1. The molecule has 0 aliphatic carbocycles. The van der Waals surface area contributed by atoms with Gasteiger partial charge in [-0.25, -0.2) is 13.9 Å². The molecular weight excluding hydrogens is 421 g/mol. The summed E-state index contributed by atoms with van der Waals surface area (Å²) in [6.45, 7) is 6.71. The number of likely N-dealkylation sites (tertiary alicyclic amines) is 1. The normalized spacial score (nSPS) is 18.4. The lowest BCUT2D eigenvalue weighted by atomic mass is 9.94. The number of aryl methyl sites for hydroxylation is 1. The Balaban J connectivity index is 1.52. The molecule has 1 aromatic heterocycles. The van der Waals surface area contributed by atoms with Gasteiger partial charge in [-0.15, -0.1) is 0 Å². The molecule has 1 saturated heterocycles. The first-order chi connectivity index (χ1) is 16.0. The first-order valence-electron chi connectivity index (χ1n) is 11.1. The number of hydrogen-bond donors (Lipinski definition) is 2. The SMILES string of the molecule is COCCN1CC(NC(=O)Nc2c(C)c(C)nn2-c2ccccc2)C(c2ccc(F)cc2)C1. The number of amides is 2. The van der Waals surface area contributed by atoms with Gasteiger partial charge in [0.25, 0.3) is 0 Å². The number of benzene rings is 2. The largest absolute Gasteiger partial charge is 0.383 e. The number of para-hydroxylation sites is 1. The maximum absolute atomic E-state index is 13.5. The van der Waals surface area contributed by atoms with Crippen molar-refractivity contribution in [3.8, 4) is 5.69 Å². The van der Waals surface area contributed by atoms with Crippen LogP contribution in [-0.2, 0) is 4.74 Å². The van der Waals surface area contributed by atoms with Gasteiger partial charge in [0.1, 0.15) is 11.6 Å². The van der Waals surface area contributed by atoms with Crippen LogP contribution in [0.3, 0.4) is 0 Å². The van der Waals surface area contributed by atoms with Crippen LogP contribution in [0.1, 0.15) is 22.7 Å². The second kappa shape index (κ2) is 10.1. The predicted octanol–water partition coefficient (Wildman–Crippen LogP) is 3.86. The van der Waals surface area contributed by atoms with E-state index in [-0.39, 0.29) is 23.8 Å². The Morgan fingerprint density at radius 3 is 2.55 bits per heavy atom. The second-order valence-electron chi connectivity index (χ2n) is 8.42. The molecule has 2 aromatic carbocycles. The zero-order chi connectivity index (χ0) is 23.4. The Bertz CT molecular complexity index is 1080. The maximum atomic E-state index is 13.5. The van der Waals surface area contributed by atoms with Crippen molar-refractivity contribution in [2.45, 2.75) is 25.8 Å². The van der Waals surface area contributed by atoms with E-state index in [1.165, 1.54) is 12.1 Å². The topological polar surface area (TPSA) is 71.4 Å². The molecule has 0 bridgehead atoms. The van der Waals surface area contributed by atoms with E-state index in [1.807, 2.05) is 44.2 Å². The van der Waals surface area contributed by atoms with Gasteiger partial charge in [0, 0.05) is 38.2 Å². The minimum Gasteiger partial charge on any atom is -0.383 e. The van der Waals surface area contributed by atoms with Crippen molar-refractivity contribution in [2.24, 2.45) is 0 Å². The van der Waals surface area contributed by atoms with Gasteiger partial charge >= 0.3 is 6.03 Å². The van der Waals surface area contributed by atoms with Gasteiger partial charge in [0.05, 0.1) is 24.0 Å². The molecule has 0 saturated carbocycles. The van der Waals surface area contributed by atoms with Crippen LogP contribution >= 0.6 is 0 Å². The summed E-state index contributed by atoms with van der Waals surface area (Å²) in [6, 6.07) is 15.8. The number of nitrogens with one attached hydrogen (secondary N) is 2. The Kier molecular flexibility index (Phi) is 7.05.